The summed E-state index contributed by atoms with van der Waals surface area (Å²) in [6, 6.07) is 6.00. The zero-order valence-electron chi connectivity index (χ0n) is 8.47. The van der Waals surface area contributed by atoms with Gasteiger partial charge in [-0.25, -0.2) is 4.79 Å². The maximum Gasteiger partial charge on any atom is 0.376 e. The first-order valence-electron chi connectivity index (χ1n) is 4.35. The maximum atomic E-state index is 11.4. The topological polar surface area (TPSA) is 86.7 Å². The number of carboxylic acids is 1. The van der Waals surface area contributed by atoms with Crippen molar-refractivity contribution in [2.75, 3.05) is 7.11 Å². The summed E-state index contributed by atoms with van der Waals surface area (Å²) in [6.45, 7) is 0. The SMILES string of the molecule is COc1ccc(/C([O-])=C/C(=O)C(=O)O)cc1. The average molecular weight is 221 g/mol. The number of methoxy groups -OCH3 is 1. The summed E-state index contributed by atoms with van der Waals surface area (Å²) in [5, 5.41) is 19.7. The molecule has 1 aromatic rings. The molecule has 0 amide bonds. The Kier molecular flexibility index (Phi) is 3.66. The molecule has 0 unspecified atom stereocenters. The largest absolute Gasteiger partial charge is 0.872 e. The van der Waals surface area contributed by atoms with Gasteiger partial charge in [0.1, 0.15) is 5.75 Å². The van der Waals surface area contributed by atoms with Gasteiger partial charge < -0.3 is 14.9 Å². The Morgan fingerprint density at radius 2 is 1.88 bits per heavy atom. The number of ether oxygens (including phenoxy) is 1. The number of rotatable bonds is 4. The van der Waals surface area contributed by atoms with Crippen molar-refractivity contribution in [1.82, 2.24) is 0 Å². The first kappa shape index (κ1) is 11.8. The van der Waals surface area contributed by atoms with Crippen molar-refractivity contribution in [3.63, 3.8) is 0 Å². The molecule has 5 nitrogen and oxygen atoms in total. The lowest BCUT2D eigenvalue weighted by Gasteiger charge is -2.11. The zero-order chi connectivity index (χ0) is 12.1. The molecule has 0 heterocycles. The third-order valence-electron chi connectivity index (χ3n) is 1.85. The maximum absolute atomic E-state index is 11.4. The molecule has 84 valence electrons. The van der Waals surface area contributed by atoms with Crippen LogP contribution in [0.15, 0.2) is 30.3 Å². The number of carbonyl (C=O) groups is 2. The van der Waals surface area contributed by atoms with E-state index < -0.39 is 17.5 Å². The van der Waals surface area contributed by atoms with Gasteiger partial charge in [-0.2, -0.15) is 0 Å². The molecular weight excluding hydrogens is 212 g/mol. The van der Waals surface area contributed by atoms with E-state index in [-0.39, 0.29) is 5.56 Å². The highest BCUT2D eigenvalue weighted by molar-refractivity contribution is 6.38. The molecule has 0 saturated carbocycles. The molecule has 0 aromatic heterocycles. The quantitative estimate of drug-likeness (QED) is 0.441. The van der Waals surface area contributed by atoms with E-state index in [4.69, 9.17) is 9.84 Å². The molecule has 5 heteroatoms. The number of hydrogen-bond acceptors (Lipinski definition) is 4. The average Bonchev–Trinajstić information content (AvgIpc) is 2.28. The van der Waals surface area contributed by atoms with Gasteiger partial charge in [0.25, 0.3) is 5.78 Å². The van der Waals surface area contributed by atoms with Crippen molar-refractivity contribution >= 4 is 17.5 Å². The van der Waals surface area contributed by atoms with Crippen LogP contribution in [0.5, 0.6) is 5.75 Å². The third-order valence-corrected chi connectivity index (χ3v) is 1.85. The second-order valence-corrected chi connectivity index (χ2v) is 2.91. The monoisotopic (exact) mass is 221 g/mol. The molecule has 0 spiro atoms. The van der Waals surface area contributed by atoms with Crippen molar-refractivity contribution in [2.24, 2.45) is 0 Å². The van der Waals surface area contributed by atoms with Gasteiger partial charge >= 0.3 is 5.97 Å². The van der Waals surface area contributed by atoms with Crippen molar-refractivity contribution < 1.29 is 24.5 Å². The van der Waals surface area contributed by atoms with Crippen molar-refractivity contribution in [3.8, 4) is 5.75 Å². The van der Waals surface area contributed by atoms with Crippen LogP contribution in [0, 0.1) is 0 Å². The Morgan fingerprint density at radius 3 is 2.31 bits per heavy atom. The molecule has 0 radical (unpaired) electrons. The number of ketones is 1. The van der Waals surface area contributed by atoms with Crippen LogP contribution in [0.1, 0.15) is 5.56 Å². The highest BCUT2D eigenvalue weighted by atomic mass is 16.5. The molecule has 0 bridgehead atoms. The molecular formula is C11H9O5-. The molecule has 1 N–H and O–H groups in total. The van der Waals surface area contributed by atoms with Crippen LogP contribution >= 0.6 is 0 Å². The van der Waals surface area contributed by atoms with Gasteiger partial charge in [0.2, 0.25) is 0 Å². The van der Waals surface area contributed by atoms with Crippen LogP contribution in [0.2, 0.25) is 0 Å². The molecule has 0 atom stereocenters. The Balaban J connectivity index is 2.91. The number of carbonyl (C=O) groups excluding carboxylic acids is 1. The highest BCUT2D eigenvalue weighted by Crippen LogP contribution is 2.14. The minimum Gasteiger partial charge on any atom is -0.872 e. The number of hydrogen-bond donors (Lipinski definition) is 1. The molecule has 0 saturated heterocycles. The van der Waals surface area contributed by atoms with Gasteiger partial charge in [0.15, 0.2) is 0 Å². The van der Waals surface area contributed by atoms with E-state index in [0.717, 1.165) is 0 Å². The van der Waals surface area contributed by atoms with Crippen LogP contribution < -0.4 is 9.84 Å². The van der Waals surface area contributed by atoms with Crippen LogP contribution in [-0.4, -0.2) is 24.0 Å². The van der Waals surface area contributed by atoms with E-state index in [9.17, 15) is 14.7 Å². The number of aliphatic carboxylic acids is 1. The number of benzene rings is 1. The Morgan fingerprint density at radius 1 is 1.31 bits per heavy atom. The first-order chi connectivity index (χ1) is 7.54. The fourth-order valence-electron chi connectivity index (χ4n) is 1.02. The first-order valence-corrected chi connectivity index (χ1v) is 4.35. The van der Waals surface area contributed by atoms with Crippen molar-refractivity contribution in [3.05, 3.63) is 35.9 Å². The van der Waals surface area contributed by atoms with E-state index in [2.05, 4.69) is 0 Å². The lowest BCUT2D eigenvalue weighted by molar-refractivity contribution is -0.243. The summed E-state index contributed by atoms with van der Waals surface area (Å²) < 4.78 is 4.89. The molecule has 16 heavy (non-hydrogen) atoms. The lowest BCUT2D eigenvalue weighted by Crippen LogP contribution is -2.13. The summed E-state index contributed by atoms with van der Waals surface area (Å²) in [5.41, 5.74) is 0.232. The van der Waals surface area contributed by atoms with Gasteiger partial charge in [-0.15, -0.1) is 0 Å². The van der Waals surface area contributed by atoms with Gasteiger partial charge in [0, 0.05) is 0 Å². The minimum absolute atomic E-state index is 0.232. The van der Waals surface area contributed by atoms with Crippen LogP contribution in [0.25, 0.3) is 5.76 Å². The molecule has 0 aliphatic rings. The van der Waals surface area contributed by atoms with Crippen molar-refractivity contribution in [1.29, 1.82) is 0 Å². The van der Waals surface area contributed by atoms with E-state index in [1.165, 1.54) is 19.2 Å². The molecule has 1 rings (SSSR count). The minimum atomic E-state index is -1.65. The fraction of sp³-hybridized carbons (Fsp3) is 0.0909. The predicted octanol–water partition coefficient (Wildman–Crippen LogP) is 0.0501. The van der Waals surface area contributed by atoms with Crippen LogP contribution in [-0.2, 0) is 9.59 Å². The van der Waals surface area contributed by atoms with E-state index in [0.29, 0.717) is 11.8 Å². The van der Waals surface area contributed by atoms with Crippen molar-refractivity contribution in [2.45, 2.75) is 0 Å². The smallest absolute Gasteiger partial charge is 0.376 e. The summed E-state index contributed by atoms with van der Waals surface area (Å²) in [5.74, 6) is -2.96. The number of carboxylic acid groups (broad SMARTS) is 1. The van der Waals surface area contributed by atoms with Crippen LogP contribution in [0.4, 0.5) is 0 Å². The van der Waals surface area contributed by atoms with E-state index in [1.54, 1.807) is 12.1 Å². The predicted molar refractivity (Wildman–Crippen MR) is 53.6 cm³/mol. The second-order valence-electron chi connectivity index (χ2n) is 2.91. The Bertz CT molecular complexity index is 430. The molecule has 0 aliphatic carbocycles. The second kappa shape index (κ2) is 4.97. The molecule has 0 fully saturated rings. The summed E-state index contributed by atoms with van der Waals surface area (Å²) >= 11 is 0. The zero-order valence-corrected chi connectivity index (χ0v) is 8.47. The van der Waals surface area contributed by atoms with Gasteiger partial charge in [0.05, 0.1) is 7.11 Å². The fourth-order valence-corrected chi connectivity index (χ4v) is 1.02. The van der Waals surface area contributed by atoms with Gasteiger partial charge in [-0.3, -0.25) is 4.79 Å². The Labute approximate surface area is 91.6 Å². The standard InChI is InChI=1S/C11H10O5/c1-16-8-4-2-7(3-5-8)9(12)6-10(13)11(14)15/h2-6,12H,1H3,(H,14,15)/p-1/b9-6-. The summed E-state index contributed by atoms with van der Waals surface area (Å²) in [4.78, 5) is 21.0. The van der Waals surface area contributed by atoms with E-state index >= 15 is 0 Å². The highest BCUT2D eigenvalue weighted by Gasteiger charge is 2.06. The van der Waals surface area contributed by atoms with Gasteiger partial charge in [-0.05, 0) is 23.8 Å². The Hall–Kier alpha value is -2.30. The van der Waals surface area contributed by atoms with Gasteiger partial charge in [-0.1, -0.05) is 17.9 Å². The molecule has 1 aromatic carbocycles. The van der Waals surface area contributed by atoms with E-state index in [1.807, 2.05) is 0 Å². The molecule has 0 aliphatic heterocycles. The normalized spacial score (nSPS) is 10.9. The summed E-state index contributed by atoms with van der Waals surface area (Å²) in [6.07, 6.45) is 0.546. The summed E-state index contributed by atoms with van der Waals surface area (Å²) in [7, 11) is 1.48. The van der Waals surface area contributed by atoms with Crippen LogP contribution in [0.3, 0.4) is 0 Å². The third kappa shape index (κ3) is 2.84. The lowest BCUT2D eigenvalue weighted by atomic mass is 10.1.